The molecule has 19 heavy (non-hydrogen) atoms. The Morgan fingerprint density at radius 1 is 0.947 bits per heavy atom. The van der Waals surface area contributed by atoms with Gasteiger partial charge >= 0.3 is 0 Å². The van der Waals surface area contributed by atoms with Crippen molar-refractivity contribution >= 4 is 17.3 Å². The summed E-state index contributed by atoms with van der Waals surface area (Å²) in [5, 5.41) is 2.83. The van der Waals surface area contributed by atoms with Crippen molar-refractivity contribution < 1.29 is 4.79 Å². The molecule has 1 N–H and O–H groups in total. The number of anilines is 1. The minimum absolute atomic E-state index is 0.103. The molecule has 3 heteroatoms. The van der Waals surface area contributed by atoms with Crippen LogP contribution in [0.1, 0.15) is 11.1 Å². The molecule has 0 saturated heterocycles. The predicted molar refractivity (Wildman–Crippen MR) is 76.6 cm³/mol. The molecule has 1 amide bonds. The van der Waals surface area contributed by atoms with Crippen LogP contribution in [0.4, 0.5) is 5.69 Å². The van der Waals surface area contributed by atoms with Crippen molar-refractivity contribution in [3.8, 4) is 0 Å². The van der Waals surface area contributed by atoms with E-state index in [4.69, 9.17) is 0 Å². The molecule has 94 valence electrons. The Labute approximate surface area is 112 Å². The largest absolute Gasteiger partial charge is 0.320 e. The second-order valence-corrected chi connectivity index (χ2v) is 4.47. The van der Waals surface area contributed by atoms with Gasteiger partial charge in [0.2, 0.25) is 0 Å². The van der Waals surface area contributed by atoms with E-state index in [1.54, 1.807) is 0 Å². The third-order valence-corrected chi connectivity index (χ3v) is 3.16. The first-order valence-corrected chi connectivity index (χ1v) is 6.34. The first-order valence-electron chi connectivity index (χ1n) is 6.34. The van der Waals surface area contributed by atoms with Gasteiger partial charge < -0.3 is 5.32 Å². The molecule has 3 nitrogen and oxygen atoms in total. The summed E-state index contributed by atoms with van der Waals surface area (Å²) < 4.78 is 0. The zero-order valence-corrected chi connectivity index (χ0v) is 10.5. The Morgan fingerprint density at radius 3 is 2.53 bits per heavy atom. The Morgan fingerprint density at radius 2 is 1.68 bits per heavy atom. The second kappa shape index (κ2) is 5.06. The van der Waals surface area contributed by atoms with Crippen molar-refractivity contribution in [3.05, 3.63) is 65.7 Å². The summed E-state index contributed by atoms with van der Waals surface area (Å²) >= 11 is 0. The molecule has 0 aromatic heterocycles. The number of nitrogens with zero attached hydrogens (tertiary/aromatic N) is 1. The summed E-state index contributed by atoms with van der Waals surface area (Å²) in [5.41, 5.74) is 3.54. The lowest BCUT2D eigenvalue weighted by Crippen LogP contribution is -2.15. The van der Waals surface area contributed by atoms with Gasteiger partial charge in [-0.2, -0.15) is 0 Å². The lowest BCUT2D eigenvalue weighted by atomic mass is 10.1. The van der Waals surface area contributed by atoms with Gasteiger partial charge in [-0.15, -0.1) is 0 Å². The van der Waals surface area contributed by atoms with Crippen molar-refractivity contribution in [3.63, 3.8) is 0 Å². The molecule has 1 aliphatic heterocycles. The fourth-order valence-corrected chi connectivity index (χ4v) is 2.20. The van der Waals surface area contributed by atoms with E-state index in [0.717, 1.165) is 17.7 Å². The molecule has 0 bridgehead atoms. The van der Waals surface area contributed by atoms with Gasteiger partial charge in [0.05, 0.1) is 5.69 Å². The minimum Gasteiger partial charge on any atom is -0.320 e. The van der Waals surface area contributed by atoms with Crippen LogP contribution < -0.4 is 5.32 Å². The van der Waals surface area contributed by atoms with E-state index in [9.17, 15) is 4.79 Å². The molecular formula is C16H14N2O. The van der Waals surface area contributed by atoms with Crippen molar-refractivity contribution in [2.45, 2.75) is 6.42 Å². The second-order valence-electron chi connectivity index (χ2n) is 4.47. The molecule has 0 radical (unpaired) electrons. The molecule has 0 atom stereocenters. The number of amides is 1. The van der Waals surface area contributed by atoms with Gasteiger partial charge in [0, 0.05) is 12.1 Å². The minimum atomic E-state index is -0.103. The summed E-state index contributed by atoms with van der Waals surface area (Å²) in [6.45, 7) is 0.626. The number of hydrogen-bond acceptors (Lipinski definition) is 2. The number of para-hydroxylation sites is 1. The van der Waals surface area contributed by atoms with E-state index in [1.807, 2.05) is 42.5 Å². The lowest BCUT2D eigenvalue weighted by molar-refractivity contribution is -0.110. The van der Waals surface area contributed by atoms with Crippen molar-refractivity contribution in [2.75, 3.05) is 11.9 Å². The van der Waals surface area contributed by atoms with Gasteiger partial charge in [-0.1, -0.05) is 48.5 Å². The van der Waals surface area contributed by atoms with Crippen LogP contribution >= 0.6 is 0 Å². The number of benzene rings is 2. The summed E-state index contributed by atoms with van der Waals surface area (Å²) in [7, 11) is 0. The zero-order chi connectivity index (χ0) is 13.1. The lowest BCUT2D eigenvalue weighted by Gasteiger charge is -1.99. The predicted octanol–water partition coefficient (Wildman–Crippen LogP) is 2.67. The highest BCUT2D eigenvalue weighted by molar-refractivity contribution is 6.53. The first kappa shape index (κ1) is 11.7. The number of carbonyl (C=O) groups is 1. The van der Waals surface area contributed by atoms with Crippen LogP contribution in [0.5, 0.6) is 0 Å². The van der Waals surface area contributed by atoms with Crippen LogP contribution in [0.3, 0.4) is 0 Å². The Bertz CT molecular complexity index is 632. The number of carbonyl (C=O) groups excluding carboxylic acids is 1. The third kappa shape index (κ3) is 2.40. The standard InChI is InChI=1S/C16H14N2O/c19-16-15(13-8-4-5-9-14(13)18-16)17-11-10-12-6-2-1-3-7-12/h1-9H,10-11H2,(H,17,18,19). The van der Waals surface area contributed by atoms with E-state index in [0.29, 0.717) is 12.3 Å². The molecule has 3 rings (SSSR count). The van der Waals surface area contributed by atoms with Gasteiger partial charge in [0.15, 0.2) is 0 Å². The topological polar surface area (TPSA) is 41.5 Å². The SMILES string of the molecule is O=C1Nc2ccccc2C1=NCCc1ccccc1. The molecule has 1 heterocycles. The average Bonchev–Trinajstić information content (AvgIpc) is 2.76. The maximum atomic E-state index is 11.8. The van der Waals surface area contributed by atoms with Crippen LogP contribution in [0.2, 0.25) is 0 Å². The van der Waals surface area contributed by atoms with Gasteiger partial charge in [-0.25, -0.2) is 0 Å². The summed E-state index contributed by atoms with van der Waals surface area (Å²) in [5.74, 6) is -0.103. The van der Waals surface area contributed by atoms with E-state index in [-0.39, 0.29) is 5.91 Å². The van der Waals surface area contributed by atoms with Crippen molar-refractivity contribution in [2.24, 2.45) is 4.99 Å². The highest BCUT2D eigenvalue weighted by atomic mass is 16.2. The van der Waals surface area contributed by atoms with Gasteiger partial charge in [0.1, 0.15) is 5.71 Å². The number of aliphatic imine (C=N–C) groups is 1. The highest BCUT2D eigenvalue weighted by Crippen LogP contribution is 2.22. The van der Waals surface area contributed by atoms with E-state index >= 15 is 0 Å². The Kier molecular flexibility index (Phi) is 3.11. The molecule has 0 fully saturated rings. The van der Waals surface area contributed by atoms with Crippen molar-refractivity contribution in [1.82, 2.24) is 0 Å². The molecule has 0 unspecified atom stereocenters. The average molecular weight is 250 g/mol. The third-order valence-electron chi connectivity index (χ3n) is 3.16. The number of rotatable bonds is 3. The van der Waals surface area contributed by atoms with Crippen LogP contribution in [0.15, 0.2) is 59.6 Å². The van der Waals surface area contributed by atoms with Crippen LogP contribution in [-0.2, 0) is 11.2 Å². The quantitative estimate of drug-likeness (QED) is 0.894. The first-order chi connectivity index (χ1) is 9.34. The molecule has 0 saturated carbocycles. The maximum Gasteiger partial charge on any atom is 0.274 e. The van der Waals surface area contributed by atoms with E-state index < -0.39 is 0 Å². The van der Waals surface area contributed by atoms with Gasteiger partial charge in [-0.05, 0) is 18.1 Å². The molecule has 0 spiro atoms. The van der Waals surface area contributed by atoms with Crippen molar-refractivity contribution in [1.29, 1.82) is 0 Å². The Hall–Kier alpha value is -2.42. The molecule has 2 aromatic carbocycles. The number of nitrogens with one attached hydrogen (secondary N) is 1. The van der Waals surface area contributed by atoms with Gasteiger partial charge in [-0.3, -0.25) is 9.79 Å². The van der Waals surface area contributed by atoms with E-state index in [1.165, 1.54) is 5.56 Å². The fraction of sp³-hybridized carbons (Fsp3) is 0.125. The maximum absolute atomic E-state index is 11.8. The summed E-state index contributed by atoms with van der Waals surface area (Å²) in [4.78, 5) is 16.3. The fourth-order valence-electron chi connectivity index (χ4n) is 2.20. The summed E-state index contributed by atoms with van der Waals surface area (Å²) in [6.07, 6.45) is 0.847. The monoisotopic (exact) mass is 250 g/mol. The Balaban J connectivity index is 1.76. The van der Waals surface area contributed by atoms with Crippen LogP contribution in [0, 0.1) is 0 Å². The van der Waals surface area contributed by atoms with Gasteiger partial charge in [0.25, 0.3) is 5.91 Å². The number of fused-ring (bicyclic) bond motifs is 1. The van der Waals surface area contributed by atoms with E-state index in [2.05, 4.69) is 22.4 Å². The highest BCUT2D eigenvalue weighted by Gasteiger charge is 2.24. The van der Waals surface area contributed by atoms with Crippen LogP contribution in [0.25, 0.3) is 0 Å². The molecular weight excluding hydrogens is 236 g/mol. The molecule has 1 aliphatic rings. The van der Waals surface area contributed by atoms with Crippen LogP contribution in [-0.4, -0.2) is 18.2 Å². The molecule has 0 aliphatic carbocycles. The number of hydrogen-bond donors (Lipinski definition) is 1. The normalized spacial score (nSPS) is 15.4. The smallest absolute Gasteiger partial charge is 0.274 e. The molecule has 2 aromatic rings. The summed E-state index contributed by atoms with van der Waals surface area (Å²) in [6, 6.07) is 17.8. The zero-order valence-electron chi connectivity index (χ0n) is 10.5.